The number of nitriles is 1. The van der Waals surface area contributed by atoms with Crippen LogP contribution in [0.25, 0.3) is 22.5 Å². The van der Waals surface area contributed by atoms with E-state index in [0.29, 0.717) is 5.56 Å². The largest absolute Gasteiger partial charge is 0.236 e. The van der Waals surface area contributed by atoms with Crippen LogP contribution in [0.1, 0.15) is 30.9 Å². The van der Waals surface area contributed by atoms with Crippen LogP contribution in [0.3, 0.4) is 0 Å². The van der Waals surface area contributed by atoms with Gasteiger partial charge in [0.05, 0.1) is 11.6 Å². The lowest BCUT2D eigenvalue weighted by Crippen LogP contribution is -1.93. The second-order valence-electron chi connectivity index (χ2n) is 5.78. The molecular formula is C21H19N3. The summed E-state index contributed by atoms with van der Waals surface area (Å²) in [6.45, 7) is 2.19. The second-order valence-corrected chi connectivity index (χ2v) is 5.78. The van der Waals surface area contributed by atoms with Crippen molar-refractivity contribution >= 4 is 0 Å². The van der Waals surface area contributed by atoms with E-state index in [1.807, 2.05) is 48.8 Å². The Labute approximate surface area is 142 Å². The number of unbranched alkanes of at least 4 members (excludes halogenated alkanes) is 1. The third-order valence-corrected chi connectivity index (χ3v) is 4.01. The summed E-state index contributed by atoms with van der Waals surface area (Å²) in [6, 6.07) is 17.9. The average Bonchev–Trinajstić information content (AvgIpc) is 2.67. The van der Waals surface area contributed by atoms with Crippen LogP contribution in [0.4, 0.5) is 0 Å². The summed E-state index contributed by atoms with van der Waals surface area (Å²) in [6.07, 6.45) is 7.23. The van der Waals surface area contributed by atoms with Gasteiger partial charge in [0, 0.05) is 18.0 Å². The van der Waals surface area contributed by atoms with Gasteiger partial charge in [-0.05, 0) is 41.7 Å². The Morgan fingerprint density at radius 1 is 0.833 bits per heavy atom. The van der Waals surface area contributed by atoms with Gasteiger partial charge in [-0.2, -0.15) is 5.26 Å². The minimum atomic E-state index is 0.673. The van der Waals surface area contributed by atoms with Crippen LogP contribution >= 0.6 is 0 Å². The lowest BCUT2D eigenvalue weighted by atomic mass is 10.0. The van der Waals surface area contributed by atoms with E-state index < -0.39 is 0 Å². The Bertz CT molecular complexity index is 826. The number of aryl methyl sites for hydroxylation is 1. The summed E-state index contributed by atoms with van der Waals surface area (Å²) in [5.74, 6) is 0.752. The maximum absolute atomic E-state index is 8.86. The van der Waals surface area contributed by atoms with Crippen molar-refractivity contribution in [1.29, 1.82) is 5.26 Å². The zero-order chi connectivity index (χ0) is 16.8. The molecular weight excluding hydrogens is 294 g/mol. The molecule has 0 spiro atoms. The van der Waals surface area contributed by atoms with Gasteiger partial charge in [0.2, 0.25) is 0 Å². The first-order chi connectivity index (χ1) is 11.8. The van der Waals surface area contributed by atoms with Crippen LogP contribution in [-0.4, -0.2) is 9.97 Å². The van der Waals surface area contributed by atoms with Gasteiger partial charge in [-0.15, -0.1) is 0 Å². The minimum Gasteiger partial charge on any atom is -0.236 e. The van der Waals surface area contributed by atoms with Crippen molar-refractivity contribution in [3.63, 3.8) is 0 Å². The highest BCUT2D eigenvalue weighted by Crippen LogP contribution is 2.23. The number of aromatic nitrogens is 2. The average molecular weight is 313 g/mol. The Balaban J connectivity index is 1.77. The molecule has 0 aliphatic heterocycles. The van der Waals surface area contributed by atoms with Crippen LogP contribution in [0.5, 0.6) is 0 Å². The summed E-state index contributed by atoms with van der Waals surface area (Å²) in [5, 5.41) is 8.86. The molecule has 0 radical (unpaired) electrons. The van der Waals surface area contributed by atoms with Crippen molar-refractivity contribution in [1.82, 2.24) is 9.97 Å². The number of benzene rings is 2. The van der Waals surface area contributed by atoms with Crippen molar-refractivity contribution < 1.29 is 0 Å². The highest BCUT2D eigenvalue weighted by Gasteiger charge is 2.03. The molecule has 0 atom stereocenters. The van der Waals surface area contributed by atoms with Gasteiger partial charge in [-0.1, -0.05) is 49.7 Å². The van der Waals surface area contributed by atoms with Gasteiger partial charge in [0.1, 0.15) is 0 Å². The molecule has 24 heavy (non-hydrogen) atoms. The summed E-state index contributed by atoms with van der Waals surface area (Å²) >= 11 is 0. The van der Waals surface area contributed by atoms with Crippen molar-refractivity contribution in [2.45, 2.75) is 26.2 Å². The maximum atomic E-state index is 8.86. The Morgan fingerprint density at radius 2 is 1.38 bits per heavy atom. The molecule has 0 N–H and O–H groups in total. The topological polar surface area (TPSA) is 49.6 Å². The van der Waals surface area contributed by atoms with Crippen LogP contribution in [0, 0.1) is 11.3 Å². The van der Waals surface area contributed by atoms with E-state index in [9.17, 15) is 0 Å². The third kappa shape index (κ3) is 3.67. The van der Waals surface area contributed by atoms with E-state index in [-0.39, 0.29) is 0 Å². The molecule has 1 aromatic heterocycles. The zero-order valence-electron chi connectivity index (χ0n) is 13.7. The normalized spacial score (nSPS) is 10.3. The van der Waals surface area contributed by atoms with Crippen LogP contribution in [0.15, 0.2) is 60.9 Å². The van der Waals surface area contributed by atoms with Crippen LogP contribution in [0.2, 0.25) is 0 Å². The fourth-order valence-corrected chi connectivity index (χ4v) is 2.56. The van der Waals surface area contributed by atoms with E-state index >= 15 is 0 Å². The molecule has 0 bridgehead atoms. The first kappa shape index (κ1) is 15.9. The molecule has 0 fully saturated rings. The van der Waals surface area contributed by atoms with Crippen molar-refractivity contribution in [2.75, 3.05) is 0 Å². The molecule has 3 aromatic rings. The summed E-state index contributed by atoms with van der Waals surface area (Å²) in [7, 11) is 0. The molecule has 0 amide bonds. The van der Waals surface area contributed by atoms with Gasteiger partial charge in [0.15, 0.2) is 5.82 Å². The third-order valence-electron chi connectivity index (χ3n) is 4.01. The molecule has 0 aliphatic carbocycles. The van der Waals surface area contributed by atoms with Gasteiger partial charge in [0.25, 0.3) is 0 Å². The zero-order valence-corrected chi connectivity index (χ0v) is 13.7. The Hall–Kier alpha value is -2.99. The SMILES string of the molecule is CCCCc1cnc(-c2ccc(-c3ccc(C#N)cc3)cc2)nc1. The van der Waals surface area contributed by atoms with Gasteiger partial charge < -0.3 is 0 Å². The molecule has 0 aliphatic rings. The summed E-state index contributed by atoms with van der Waals surface area (Å²) < 4.78 is 0. The number of hydrogen-bond acceptors (Lipinski definition) is 3. The van der Waals surface area contributed by atoms with Gasteiger partial charge in [-0.25, -0.2) is 9.97 Å². The van der Waals surface area contributed by atoms with E-state index in [4.69, 9.17) is 5.26 Å². The van der Waals surface area contributed by atoms with E-state index in [2.05, 4.69) is 35.1 Å². The lowest BCUT2D eigenvalue weighted by Gasteiger charge is -2.05. The molecule has 2 aromatic carbocycles. The fraction of sp³-hybridized carbons (Fsp3) is 0.190. The Kier molecular flexibility index (Phi) is 4.98. The first-order valence-corrected chi connectivity index (χ1v) is 8.22. The Morgan fingerprint density at radius 3 is 1.92 bits per heavy atom. The molecule has 3 nitrogen and oxygen atoms in total. The second kappa shape index (κ2) is 7.52. The first-order valence-electron chi connectivity index (χ1n) is 8.22. The van der Waals surface area contributed by atoms with Crippen LogP contribution < -0.4 is 0 Å². The highest BCUT2D eigenvalue weighted by atomic mass is 14.9. The van der Waals surface area contributed by atoms with Gasteiger partial charge in [-0.3, -0.25) is 0 Å². The molecule has 1 heterocycles. The van der Waals surface area contributed by atoms with E-state index in [1.54, 1.807) is 0 Å². The summed E-state index contributed by atoms with van der Waals surface area (Å²) in [5.41, 5.74) is 5.08. The quantitative estimate of drug-likeness (QED) is 0.664. The number of nitrogens with zero attached hydrogens (tertiary/aromatic N) is 3. The van der Waals surface area contributed by atoms with E-state index in [0.717, 1.165) is 28.9 Å². The molecule has 3 rings (SSSR count). The maximum Gasteiger partial charge on any atom is 0.159 e. The predicted molar refractivity (Wildman–Crippen MR) is 96.2 cm³/mol. The summed E-state index contributed by atoms with van der Waals surface area (Å²) in [4.78, 5) is 8.96. The van der Waals surface area contributed by atoms with Crippen molar-refractivity contribution in [3.8, 4) is 28.6 Å². The van der Waals surface area contributed by atoms with Crippen LogP contribution in [-0.2, 0) is 6.42 Å². The molecule has 0 saturated heterocycles. The monoisotopic (exact) mass is 313 g/mol. The standard InChI is InChI=1S/C21H19N3/c1-2-3-4-17-14-23-21(24-15-17)20-11-9-19(10-12-20)18-7-5-16(13-22)6-8-18/h5-12,14-15H,2-4H2,1H3. The van der Waals surface area contributed by atoms with Crippen molar-refractivity contribution in [2.24, 2.45) is 0 Å². The number of hydrogen-bond donors (Lipinski definition) is 0. The highest BCUT2D eigenvalue weighted by molar-refractivity contribution is 5.68. The molecule has 0 saturated carbocycles. The fourth-order valence-electron chi connectivity index (χ4n) is 2.56. The minimum absolute atomic E-state index is 0.673. The molecule has 0 unspecified atom stereocenters. The molecule has 3 heteroatoms. The van der Waals surface area contributed by atoms with Crippen molar-refractivity contribution in [3.05, 3.63) is 72.1 Å². The predicted octanol–water partition coefficient (Wildman–Crippen LogP) is 5.02. The van der Waals surface area contributed by atoms with E-state index in [1.165, 1.54) is 18.4 Å². The molecule has 118 valence electrons. The van der Waals surface area contributed by atoms with Gasteiger partial charge >= 0.3 is 0 Å². The smallest absolute Gasteiger partial charge is 0.159 e. The number of rotatable bonds is 5. The lowest BCUT2D eigenvalue weighted by molar-refractivity contribution is 0.788.